The van der Waals surface area contributed by atoms with Crippen LogP contribution in [0.1, 0.15) is 82.8 Å². The first-order chi connectivity index (χ1) is 15.4. The average molecular weight is 437 g/mol. The Morgan fingerprint density at radius 2 is 1.75 bits per heavy atom. The van der Waals surface area contributed by atoms with Crippen molar-refractivity contribution in [1.82, 2.24) is 10.2 Å². The van der Waals surface area contributed by atoms with E-state index in [0.717, 1.165) is 57.9 Å². The second kappa shape index (κ2) is 8.83. The summed E-state index contributed by atoms with van der Waals surface area (Å²) in [6.45, 7) is 5.24. The van der Waals surface area contributed by atoms with Gasteiger partial charge in [0.25, 0.3) is 0 Å². The highest BCUT2D eigenvalue weighted by Crippen LogP contribution is 2.48. The lowest BCUT2D eigenvalue weighted by molar-refractivity contribution is -0.150. The smallest absolute Gasteiger partial charge is 0.246 e. The molecule has 32 heavy (non-hydrogen) atoms. The number of nitrogens with one attached hydrogen (secondary N) is 1. The van der Waals surface area contributed by atoms with E-state index in [1.807, 2.05) is 0 Å². The summed E-state index contributed by atoms with van der Waals surface area (Å²) in [5.41, 5.74) is 2.30. The standard InChI is InChI=1S/C28H40N2O2/c1-19(2)13-20-14-26(31)30(18-20)28(27(32)29-25-9-5-6-10-25)12-11-23-15-21-7-3-4-8-22(21)16-24(23)17-28/h3-4,7-8,19-20,23-25H,5-6,9-18H2,1-2H3,(H,29,32)/t20-,23+,24-,28-/m1/s1. The van der Waals surface area contributed by atoms with Gasteiger partial charge in [-0.05, 0) is 86.2 Å². The van der Waals surface area contributed by atoms with Crippen molar-refractivity contribution in [3.8, 4) is 0 Å². The zero-order valence-corrected chi connectivity index (χ0v) is 19.9. The van der Waals surface area contributed by atoms with Gasteiger partial charge >= 0.3 is 0 Å². The second-order valence-electron chi connectivity index (χ2n) is 11.6. The van der Waals surface area contributed by atoms with E-state index in [2.05, 4.69) is 48.3 Å². The minimum atomic E-state index is -0.640. The predicted octanol–water partition coefficient (Wildman–Crippen LogP) is 4.89. The van der Waals surface area contributed by atoms with Gasteiger partial charge in [0.05, 0.1) is 0 Å². The fourth-order valence-corrected chi connectivity index (χ4v) is 7.37. The maximum Gasteiger partial charge on any atom is 0.246 e. The van der Waals surface area contributed by atoms with Gasteiger partial charge in [0.2, 0.25) is 11.8 Å². The number of hydrogen-bond donors (Lipinski definition) is 1. The molecule has 5 rings (SSSR count). The first-order valence-corrected chi connectivity index (χ1v) is 13.1. The van der Waals surface area contributed by atoms with Crippen LogP contribution in [0.25, 0.3) is 0 Å². The number of amides is 2. The first-order valence-electron chi connectivity index (χ1n) is 13.1. The van der Waals surface area contributed by atoms with E-state index < -0.39 is 5.54 Å². The number of likely N-dealkylation sites (tertiary alicyclic amines) is 1. The number of carbonyl (C=O) groups is 2. The molecule has 4 aliphatic rings. The molecule has 1 aromatic rings. The summed E-state index contributed by atoms with van der Waals surface area (Å²) in [6, 6.07) is 9.14. The highest BCUT2D eigenvalue weighted by Gasteiger charge is 2.54. The van der Waals surface area contributed by atoms with Gasteiger partial charge in [-0.1, -0.05) is 51.0 Å². The van der Waals surface area contributed by atoms with Crippen LogP contribution in [0.3, 0.4) is 0 Å². The van der Waals surface area contributed by atoms with Gasteiger partial charge in [0, 0.05) is 19.0 Å². The van der Waals surface area contributed by atoms with E-state index in [0.29, 0.717) is 36.1 Å². The molecule has 174 valence electrons. The Kier molecular flexibility index (Phi) is 6.07. The number of hydrogen-bond acceptors (Lipinski definition) is 2. The Labute approximate surface area is 193 Å². The molecular formula is C28H40N2O2. The third-order valence-electron chi connectivity index (χ3n) is 8.92. The number of rotatable bonds is 5. The maximum atomic E-state index is 14.0. The molecule has 1 aromatic carbocycles. The molecule has 0 aromatic heterocycles. The molecular weight excluding hydrogens is 396 g/mol. The van der Waals surface area contributed by atoms with Crippen molar-refractivity contribution in [2.75, 3.05) is 6.54 Å². The van der Waals surface area contributed by atoms with Crippen LogP contribution in [-0.4, -0.2) is 34.8 Å². The summed E-state index contributed by atoms with van der Waals surface area (Å²) in [7, 11) is 0. The molecule has 1 saturated heterocycles. The second-order valence-corrected chi connectivity index (χ2v) is 11.6. The minimum absolute atomic E-state index is 0.153. The van der Waals surface area contributed by atoms with Crippen molar-refractivity contribution in [2.45, 2.75) is 96.1 Å². The lowest BCUT2D eigenvalue weighted by Gasteiger charge is -2.50. The van der Waals surface area contributed by atoms with Crippen LogP contribution in [0.4, 0.5) is 0 Å². The number of benzene rings is 1. The largest absolute Gasteiger partial charge is 0.351 e. The molecule has 4 heteroatoms. The van der Waals surface area contributed by atoms with E-state index in [1.54, 1.807) is 0 Å². The van der Waals surface area contributed by atoms with Gasteiger partial charge in [-0.3, -0.25) is 9.59 Å². The Morgan fingerprint density at radius 1 is 1.06 bits per heavy atom. The van der Waals surface area contributed by atoms with Crippen molar-refractivity contribution in [1.29, 1.82) is 0 Å². The Morgan fingerprint density at radius 3 is 2.44 bits per heavy atom. The van der Waals surface area contributed by atoms with Crippen LogP contribution in [0.15, 0.2) is 24.3 Å². The summed E-state index contributed by atoms with van der Waals surface area (Å²) in [5, 5.41) is 3.42. The van der Waals surface area contributed by atoms with E-state index >= 15 is 0 Å². The molecule has 0 bridgehead atoms. The highest BCUT2D eigenvalue weighted by molar-refractivity contribution is 5.92. The summed E-state index contributed by atoms with van der Waals surface area (Å²) < 4.78 is 0. The van der Waals surface area contributed by atoms with Crippen LogP contribution < -0.4 is 5.32 Å². The number of nitrogens with zero attached hydrogens (tertiary/aromatic N) is 1. The third kappa shape index (κ3) is 4.10. The monoisotopic (exact) mass is 436 g/mol. The van der Waals surface area contributed by atoms with Gasteiger partial charge in [0.15, 0.2) is 0 Å². The summed E-state index contributed by atoms with van der Waals surface area (Å²) in [4.78, 5) is 29.3. The van der Waals surface area contributed by atoms with Crippen LogP contribution in [0, 0.1) is 23.7 Å². The maximum absolute atomic E-state index is 14.0. The van der Waals surface area contributed by atoms with Gasteiger partial charge in [-0.15, -0.1) is 0 Å². The van der Waals surface area contributed by atoms with Crippen LogP contribution >= 0.6 is 0 Å². The zero-order chi connectivity index (χ0) is 22.3. The molecule has 0 spiro atoms. The molecule has 1 N–H and O–H groups in total. The number of carbonyl (C=O) groups excluding carboxylic acids is 2. The van der Waals surface area contributed by atoms with Gasteiger partial charge in [0.1, 0.15) is 5.54 Å². The summed E-state index contributed by atoms with van der Waals surface area (Å²) >= 11 is 0. The van der Waals surface area contributed by atoms with Crippen molar-refractivity contribution in [3.05, 3.63) is 35.4 Å². The Bertz CT molecular complexity index is 859. The van der Waals surface area contributed by atoms with Crippen LogP contribution in [0.5, 0.6) is 0 Å². The zero-order valence-electron chi connectivity index (χ0n) is 19.9. The van der Waals surface area contributed by atoms with Crippen molar-refractivity contribution in [3.63, 3.8) is 0 Å². The minimum Gasteiger partial charge on any atom is -0.351 e. The van der Waals surface area contributed by atoms with Crippen LogP contribution in [0.2, 0.25) is 0 Å². The van der Waals surface area contributed by atoms with Crippen molar-refractivity contribution >= 4 is 11.8 Å². The van der Waals surface area contributed by atoms with Crippen molar-refractivity contribution in [2.24, 2.45) is 23.7 Å². The topological polar surface area (TPSA) is 49.4 Å². The number of fused-ring (bicyclic) bond motifs is 2. The van der Waals surface area contributed by atoms with E-state index in [1.165, 1.54) is 24.0 Å². The normalized spacial score (nSPS) is 32.8. The molecule has 0 radical (unpaired) electrons. The fraction of sp³-hybridized carbons (Fsp3) is 0.714. The molecule has 4 atom stereocenters. The molecule has 4 nitrogen and oxygen atoms in total. The SMILES string of the molecule is CC(C)C[C@@H]1CC(=O)N([C@]2(C(=O)NC3CCCC3)CC[C@H]3Cc4ccccc4C[C@@H]3C2)C1. The summed E-state index contributed by atoms with van der Waals surface area (Å²) in [6.07, 6.45) is 11.2. The fourth-order valence-electron chi connectivity index (χ4n) is 7.37. The molecule has 0 unspecified atom stereocenters. The quantitative estimate of drug-likeness (QED) is 0.714. The molecule has 1 aliphatic heterocycles. The molecule has 3 fully saturated rings. The molecule has 3 aliphatic carbocycles. The highest BCUT2D eigenvalue weighted by atomic mass is 16.2. The van der Waals surface area contributed by atoms with E-state index in [-0.39, 0.29) is 11.8 Å². The van der Waals surface area contributed by atoms with Gasteiger partial charge in [-0.2, -0.15) is 0 Å². The average Bonchev–Trinajstić information content (AvgIpc) is 3.41. The van der Waals surface area contributed by atoms with E-state index in [9.17, 15) is 9.59 Å². The van der Waals surface area contributed by atoms with Crippen molar-refractivity contribution < 1.29 is 9.59 Å². The first kappa shape index (κ1) is 22.0. The molecule has 1 heterocycles. The lowest BCUT2D eigenvalue weighted by Crippen LogP contribution is -2.63. The van der Waals surface area contributed by atoms with E-state index in [4.69, 9.17) is 0 Å². The van der Waals surface area contributed by atoms with Gasteiger partial charge in [-0.25, -0.2) is 0 Å². The Hall–Kier alpha value is -1.84. The Balaban J connectivity index is 1.42. The summed E-state index contributed by atoms with van der Waals surface area (Å²) in [5.74, 6) is 2.48. The molecule has 2 saturated carbocycles. The predicted molar refractivity (Wildman–Crippen MR) is 127 cm³/mol. The van der Waals surface area contributed by atoms with Gasteiger partial charge < -0.3 is 10.2 Å². The molecule has 2 amide bonds. The lowest BCUT2D eigenvalue weighted by atomic mass is 9.62. The third-order valence-corrected chi connectivity index (χ3v) is 8.92. The van der Waals surface area contributed by atoms with Crippen LogP contribution in [-0.2, 0) is 22.4 Å².